The number of ether oxygens (including phenoxy) is 1. The van der Waals surface area contributed by atoms with E-state index in [2.05, 4.69) is 5.32 Å². The molecule has 134 valence electrons. The summed E-state index contributed by atoms with van der Waals surface area (Å²) in [6, 6.07) is 3.37. The maximum absolute atomic E-state index is 12.5. The number of hydrogen-bond acceptors (Lipinski definition) is 6. The lowest BCUT2D eigenvalue weighted by Gasteiger charge is -2.33. The second-order valence-electron chi connectivity index (χ2n) is 6.05. The Morgan fingerprint density at radius 1 is 1.33 bits per heavy atom. The van der Waals surface area contributed by atoms with Crippen molar-refractivity contribution in [1.29, 1.82) is 0 Å². The van der Waals surface area contributed by atoms with Crippen LogP contribution in [-0.2, 0) is 19.6 Å². The van der Waals surface area contributed by atoms with E-state index in [1.807, 2.05) is 4.90 Å². The monoisotopic (exact) mass is 373 g/mol. The van der Waals surface area contributed by atoms with E-state index < -0.39 is 10.0 Å². The van der Waals surface area contributed by atoms with Gasteiger partial charge in [0, 0.05) is 39.3 Å². The Morgan fingerprint density at radius 3 is 2.75 bits per heavy atom. The SMILES string of the molecule is O=C(CN1CCN(S(=O)(=O)c2cccs2)CC1)NC[C@@H]1CCCO1. The molecule has 0 aliphatic carbocycles. The molecule has 0 radical (unpaired) electrons. The standard InChI is InChI=1S/C15H23N3O4S2/c19-14(16-11-13-3-1-9-22-13)12-17-5-7-18(8-6-17)24(20,21)15-4-2-10-23-15/h2,4,10,13H,1,3,5-9,11-12H2,(H,16,19)/t13-/m0/s1. The van der Waals surface area contributed by atoms with Gasteiger partial charge in [-0.05, 0) is 24.3 Å². The predicted molar refractivity (Wildman–Crippen MR) is 91.5 cm³/mol. The van der Waals surface area contributed by atoms with Crippen LogP contribution in [0, 0.1) is 0 Å². The fraction of sp³-hybridized carbons (Fsp3) is 0.667. The van der Waals surface area contributed by atoms with Gasteiger partial charge in [-0.25, -0.2) is 8.42 Å². The van der Waals surface area contributed by atoms with Crippen LogP contribution < -0.4 is 5.32 Å². The molecule has 1 aromatic heterocycles. The molecule has 0 saturated carbocycles. The molecule has 3 heterocycles. The molecule has 1 aromatic rings. The summed E-state index contributed by atoms with van der Waals surface area (Å²) >= 11 is 1.23. The minimum absolute atomic E-state index is 0.0277. The van der Waals surface area contributed by atoms with Gasteiger partial charge < -0.3 is 10.1 Å². The molecule has 2 saturated heterocycles. The largest absolute Gasteiger partial charge is 0.376 e. The predicted octanol–water partition coefficient (Wildman–Crippen LogP) is 0.350. The number of thiophene rings is 1. The molecule has 2 aliphatic heterocycles. The van der Waals surface area contributed by atoms with Crippen LogP contribution in [0.1, 0.15) is 12.8 Å². The molecule has 1 atom stereocenters. The van der Waals surface area contributed by atoms with Crippen LogP contribution in [0.15, 0.2) is 21.7 Å². The first-order chi connectivity index (χ1) is 11.6. The van der Waals surface area contributed by atoms with Crippen LogP contribution >= 0.6 is 11.3 Å². The first-order valence-electron chi connectivity index (χ1n) is 8.20. The van der Waals surface area contributed by atoms with Crippen LogP contribution in [0.3, 0.4) is 0 Å². The Morgan fingerprint density at radius 2 is 2.12 bits per heavy atom. The van der Waals surface area contributed by atoms with Crippen molar-refractivity contribution in [2.45, 2.75) is 23.2 Å². The number of rotatable bonds is 6. The van der Waals surface area contributed by atoms with Crippen LogP contribution in [0.5, 0.6) is 0 Å². The summed E-state index contributed by atoms with van der Waals surface area (Å²) in [5.41, 5.74) is 0. The third-order valence-corrected chi connectivity index (χ3v) is 7.61. The molecule has 9 heteroatoms. The van der Waals surface area contributed by atoms with Crippen LogP contribution in [0.25, 0.3) is 0 Å². The average molecular weight is 374 g/mol. The Hall–Kier alpha value is -1.00. The van der Waals surface area contributed by atoms with Gasteiger partial charge in [-0.3, -0.25) is 9.69 Å². The lowest BCUT2D eigenvalue weighted by Crippen LogP contribution is -2.51. The summed E-state index contributed by atoms with van der Waals surface area (Å²) in [6.45, 7) is 3.61. The Balaban J connectivity index is 1.42. The zero-order valence-electron chi connectivity index (χ0n) is 13.5. The maximum Gasteiger partial charge on any atom is 0.252 e. The van der Waals surface area contributed by atoms with E-state index in [0.29, 0.717) is 43.5 Å². The molecule has 2 aliphatic rings. The number of nitrogens with zero attached hydrogens (tertiary/aromatic N) is 2. The van der Waals surface area contributed by atoms with Crippen molar-refractivity contribution < 1.29 is 17.9 Å². The van der Waals surface area contributed by atoms with E-state index in [9.17, 15) is 13.2 Å². The van der Waals surface area contributed by atoms with E-state index in [1.54, 1.807) is 17.5 Å². The smallest absolute Gasteiger partial charge is 0.252 e. The van der Waals surface area contributed by atoms with Gasteiger partial charge in [-0.2, -0.15) is 4.31 Å². The van der Waals surface area contributed by atoms with Crippen LogP contribution in [0.4, 0.5) is 0 Å². The topological polar surface area (TPSA) is 79.0 Å². The molecule has 7 nitrogen and oxygen atoms in total. The Labute approximate surface area is 146 Å². The molecule has 2 fully saturated rings. The second-order valence-corrected chi connectivity index (χ2v) is 9.16. The highest BCUT2D eigenvalue weighted by Crippen LogP contribution is 2.21. The highest BCUT2D eigenvalue weighted by Gasteiger charge is 2.29. The number of carbonyl (C=O) groups excluding carboxylic acids is 1. The van der Waals surface area contributed by atoms with Gasteiger partial charge in [0.05, 0.1) is 12.6 Å². The number of piperazine rings is 1. The summed E-state index contributed by atoms with van der Waals surface area (Å²) in [4.78, 5) is 14.0. The quantitative estimate of drug-likeness (QED) is 0.778. The zero-order chi connectivity index (χ0) is 17.0. The van der Waals surface area contributed by atoms with Crippen LogP contribution in [-0.4, -0.2) is 75.5 Å². The van der Waals surface area contributed by atoms with Gasteiger partial charge in [0.15, 0.2) is 0 Å². The number of hydrogen-bond donors (Lipinski definition) is 1. The number of sulfonamides is 1. The van der Waals surface area contributed by atoms with Gasteiger partial charge in [-0.15, -0.1) is 11.3 Å². The zero-order valence-corrected chi connectivity index (χ0v) is 15.2. The van der Waals surface area contributed by atoms with Gasteiger partial charge in [0.1, 0.15) is 4.21 Å². The maximum atomic E-state index is 12.5. The highest BCUT2D eigenvalue weighted by atomic mass is 32.2. The molecular weight excluding hydrogens is 350 g/mol. The van der Waals surface area contributed by atoms with E-state index in [1.165, 1.54) is 15.6 Å². The lowest BCUT2D eigenvalue weighted by molar-refractivity contribution is -0.123. The van der Waals surface area contributed by atoms with Crippen molar-refractivity contribution in [2.75, 3.05) is 45.9 Å². The van der Waals surface area contributed by atoms with Gasteiger partial charge in [-0.1, -0.05) is 6.07 Å². The van der Waals surface area contributed by atoms with Crippen LogP contribution in [0.2, 0.25) is 0 Å². The first-order valence-corrected chi connectivity index (χ1v) is 10.5. The second kappa shape index (κ2) is 7.92. The summed E-state index contributed by atoms with van der Waals surface area (Å²) in [7, 11) is -3.38. The molecule has 0 unspecified atom stereocenters. The molecule has 1 N–H and O–H groups in total. The van der Waals surface area contributed by atoms with Crippen molar-refractivity contribution in [3.8, 4) is 0 Å². The Bertz CT molecular complexity index is 634. The van der Waals surface area contributed by atoms with Gasteiger partial charge in [0.25, 0.3) is 10.0 Å². The molecule has 3 rings (SSSR count). The number of amides is 1. The molecule has 0 bridgehead atoms. The van der Waals surface area contributed by atoms with E-state index in [0.717, 1.165) is 19.4 Å². The molecule has 24 heavy (non-hydrogen) atoms. The summed E-state index contributed by atoms with van der Waals surface area (Å²) in [5.74, 6) is -0.0277. The number of nitrogens with one attached hydrogen (secondary N) is 1. The van der Waals surface area contributed by atoms with Crippen molar-refractivity contribution >= 4 is 27.3 Å². The van der Waals surface area contributed by atoms with Gasteiger partial charge in [0.2, 0.25) is 5.91 Å². The summed E-state index contributed by atoms with van der Waals surface area (Å²) in [6.07, 6.45) is 2.20. The highest BCUT2D eigenvalue weighted by molar-refractivity contribution is 7.91. The number of carbonyl (C=O) groups is 1. The molecule has 0 spiro atoms. The first kappa shape index (κ1) is 17.8. The molecule has 1 amide bonds. The third kappa shape index (κ3) is 4.34. The molecule has 0 aromatic carbocycles. The van der Waals surface area contributed by atoms with Gasteiger partial charge >= 0.3 is 0 Å². The van der Waals surface area contributed by atoms with E-state index in [4.69, 9.17) is 4.74 Å². The minimum atomic E-state index is -3.38. The van der Waals surface area contributed by atoms with E-state index in [-0.39, 0.29) is 12.0 Å². The average Bonchev–Trinajstić information content (AvgIpc) is 3.27. The van der Waals surface area contributed by atoms with Crippen molar-refractivity contribution in [3.63, 3.8) is 0 Å². The molecular formula is C15H23N3O4S2. The van der Waals surface area contributed by atoms with Crippen molar-refractivity contribution in [1.82, 2.24) is 14.5 Å². The summed E-state index contributed by atoms with van der Waals surface area (Å²) in [5, 5.41) is 4.67. The normalized spacial score (nSPS) is 23.4. The fourth-order valence-corrected chi connectivity index (χ4v) is 5.52. The lowest BCUT2D eigenvalue weighted by atomic mass is 10.2. The minimum Gasteiger partial charge on any atom is -0.376 e. The fourth-order valence-electron chi connectivity index (χ4n) is 2.96. The Kier molecular flexibility index (Phi) is 5.88. The van der Waals surface area contributed by atoms with Crippen molar-refractivity contribution in [2.24, 2.45) is 0 Å². The van der Waals surface area contributed by atoms with E-state index >= 15 is 0 Å². The summed E-state index contributed by atoms with van der Waals surface area (Å²) < 4.78 is 32.3. The van der Waals surface area contributed by atoms with Crippen molar-refractivity contribution in [3.05, 3.63) is 17.5 Å². The third-order valence-electron chi connectivity index (χ3n) is 4.34.